The molecule has 0 bridgehead atoms. The van der Waals surface area contributed by atoms with E-state index in [-0.39, 0.29) is 46.1 Å². The van der Waals surface area contributed by atoms with Crippen LogP contribution >= 0.6 is 0 Å². The molecule has 0 saturated carbocycles. The van der Waals surface area contributed by atoms with E-state index in [4.69, 9.17) is 19.3 Å². The fraction of sp³-hybridized carbons (Fsp3) is 0.500. The highest BCUT2D eigenvalue weighted by Crippen LogP contribution is 2.11. The zero-order valence-electron chi connectivity index (χ0n) is 8.03. The molecule has 0 amide bonds. The summed E-state index contributed by atoms with van der Waals surface area (Å²) in [6, 6.07) is 0. The van der Waals surface area contributed by atoms with Crippen molar-refractivity contribution in [2.75, 3.05) is 0 Å². The van der Waals surface area contributed by atoms with Crippen LogP contribution in [0.4, 0.5) is 0 Å². The molecule has 2 atom stereocenters. The molecule has 0 spiro atoms. The van der Waals surface area contributed by atoms with Crippen LogP contribution < -0.4 is 0 Å². The van der Waals surface area contributed by atoms with Gasteiger partial charge in [0.2, 0.25) is 12.2 Å². The smallest absolute Gasteiger partial charge is 0.398 e. The summed E-state index contributed by atoms with van der Waals surface area (Å²) in [6.07, 6.45) is -5.86. The van der Waals surface area contributed by atoms with Gasteiger partial charge in [-0.2, -0.15) is 16.8 Å². The van der Waals surface area contributed by atoms with E-state index >= 15 is 0 Å². The zero-order valence-corrected chi connectivity index (χ0v) is 9.66. The number of aliphatic carboxylic acids is 2. The van der Waals surface area contributed by atoms with E-state index in [0.29, 0.717) is 0 Å². The quantitative estimate of drug-likeness (QED) is 0.251. The Hall–Kier alpha value is 0.212. The summed E-state index contributed by atoms with van der Waals surface area (Å²) in [4.78, 5) is 21.0. The van der Waals surface area contributed by atoms with Gasteiger partial charge in [0.1, 0.15) is 0 Å². The van der Waals surface area contributed by atoms with Crippen molar-refractivity contribution >= 4 is 78.8 Å². The lowest BCUT2D eigenvalue weighted by Crippen LogP contribution is -2.45. The minimum absolute atomic E-state index is 0. The molecular weight excluding hydrogens is 353 g/mol. The van der Waals surface area contributed by atoms with Crippen LogP contribution in [0.25, 0.3) is 0 Å². The maximum absolute atomic E-state index is 10.5. The van der Waals surface area contributed by atoms with Crippen LogP contribution in [0.1, 0.15) is 0 Å². The van der Waals surface area contributed by atoms with Crippen LogP contribution in [-0.4, -0.2) is 106 Å². The third-order valence-electron chi connectivity index (χ3n) is 1.21. The molecule has 16 heteroatoms. The summed E-state index contributed by atoms with van der Waals surface area (Å²) in [5, 5.41) is 16.9. The second-order valence-electron chi connectivity index (χ2n) is 2.57. The average molecular weight is 363 g/mol. The Morgan fingerprint density at radius 3 is 1.05 bits per heavy atom. The minimum atomic E-state index is -5.40. The van der Waals surface area contributed by atoms with Crippen molar-refractivity contribution in [1.82, 2.24) is 0 Å². The molecule has 0 heterocycles. The summed E-state index contributed by atoms with van der Waals surface area (Å²) in [5.41, 5.74) is 0. The second-order valence-corrected chi connectivity index (χ2v) is 4.66. The maximum atomic E-state index is 10.5. The van der Waals surface area contributed by atoms with E-state index in [2.05, 4.69) is 8.37 Å². The molecule has 0 saturated heterocycles. The van der Waals surface area contributed by atoms with Crippen LogP contribution in [0.3, 0.4) is 0 Å². The Morgan fingerprint density at radius 2 is 0.950 bits per heavy atom. The number of carbonyl (C=O) groups is 2. The van der Waals surface area contributed by atoms with Gasteiger partial charge >= 0.3 is 78.8 Å². The monoisotopic (exact) mass is 362 g/mol. The number of hydrogen-bond acceptors (Lipinski definition) is 8. The van der Waals surface area contributed by atoms with Gasteiger partial charge in [-0.15, -0.1) is 0 Å². The lowest BCUT2D eigenvalue weighted by molar-refractivity contribution is -0.162. The highest BCUT2D eigenvalue weighted by atomic mass is 32.3. The minimum Gasteiger partial charge on any atom is -0.479 e. The van der Waals surface area contributed by atoms with Crippen molar-refractivity contribution in [3.63, 3.8) is 0 Å². The van der Waals surface area contributed by atoms with Gasteiger partial charge in [0.05, 0.1) is 0 Å². The summed E-state index contributed by atoms with van der Waals surface area (Å²) in [7, 11) is -10.8. The first kappa shape index (κ1) is 25.2. The number of rotatable bonds is 7. The number of carboxylic acids is 2. The van der Waals surface area contributed by atoms with Crippen LogP contribution in [0.2, 0.25) is 0 Å². The summed E-state index contributed by atoms with van der Waals surface area (Å²) in [6.45, 7) is 0. The molecule has 0 fully saturated rings. The SMILES string of the molecule is O=C(O)C(OS(=O)(=O)O)C(OS(=O)(=O)O)C(=O)O.[MgH2].[MgH2]. The fourth-order valence-electron chi connectivity index (χ4n) is 0.704. The molecule has 0 aliphatic carbocycles. The second kappa shape index (κ2) is 9.27. The first-order valence-electron chi connectivity index (χ1n) is 3.60. The maximum Gasteiger partial charge on any atom is 0.398 e. The third-order valence-corrected chi connectivity index (χ3v) is 2.11. The summed E-state index contributed by atoms with van der Waals surface area (Å²) >= 11 is 0. The molecule has 0 aliphatic heterocycles. The Morgan fingerprint density at radius 1 is 0.750 bits per heavy atom. The van der Waals surface area contributed by atoms with E-state index in [9.17, 15) is 26.4 Å². The third kappa shape index (κ3) is 10.9. The summed E-state index contributed by atoms with van der Waals surface area (Å²) < 4.78 is 64.2. The Kier molecular flexibility index (Phi) is 11.7. The van der Waals surface area contributed by atoms with Crippen molar-refractivity contribution in [2.24, 2.45) is 0 Å². The van der Waals surface area contributed by atoms with Gasteiger partial charge < -0.3 is 10.2 Å². The molecule has 2 unspecified atom stereocenters. The molecular formula is C4H10Mg2O12S2. The highest BCUT2D eigenvalue weighted by Gasteiger charge is 2.42. The predicted octanol–water partition coefficient (Wildman–Crippen LogP) is -4.30. The van der Waals surface area contributed by atoms with Gasteiger partial charge in [-0.1, -0.05) is 0 Å². The van der Waals surface area contributed by atoms with E-state index in [1.165, 1.54) is 0 Å². The van der Waals surface area contributed by atoms with Crippen LogP contribution in [0, 0.1) is 0 Å². The summed E-state index contributed by atoms with van der Waals surface area (Å²) in [5.74, 6) is -4.55. The predicted molar refractivity (Wildman–Crippen MR) is 65.2 cm³/mol. The van der Waals surface area contributed by atoms with Gasteiger partial charge in [-0.25, -0.2) is 18.0 Å². The Labute approximate surface area is 144 Å². The first-order valence-corrected chi connectivity index (χ1v) is 6.33. The molecule has 0 aromatic carbocycles. The molecule has 0 rings (SSSR count). The van der Waals surface area contributed by atoms with Crippen molar-refractivity contribution < 1.29 is 54.1 Å². The lowest BCUT2D eigenvalue weighted by atomic mass is 10.2. The molecule has 12 nitrogen and oxygen atoms in total. The van der Waals surface area contributed by atoms with Crippen molar-refractivity contribution in [2.45, 2.75) is 12.2 Å². The largest absolute Gasteiger partial charge is 0.479 e. The van der Waals surface area contributed by atoms with Gasteiger partial charge in [0.25, 0.3) is 0 Å². The van der Waals surface area contributed by atoms with Crippen molar-refractivity contribution in [3.8, 4) is 0 Å². The first-order chi connectivity index (χ1) is 7.83. The van der Waals surface area contributed by atoms with E-state index < -0.39 is 44.9 Å². The molecule has 114 valence electrons. The average Bonchev–Trinajstić information content (AvgIpc) is 2.06. The molecule has 4 N–H and O–H groups in total. The van der Waals surface area contributed by atoms with E-state index in [1.807, 2.05) is 0 Å². The van der Waals surface area contributed by atoms with Crippen LogP contribution in [0.15, 0.2) is 0 Å². The number of hydrogen-bond donors (Lipinski definition) is 4. The normalized spacial score (nSPS) is 14.3. The Bertz CT molecular complexity index is 486. The van der Waals surface area contributed by atoms with Gasteiger partial charge in [-0.05, 0) is 0 Å². The van der Waals surface area contributed by atoms with Crippen LogP contribution in [0.5, 0.6) is 0 Å². The molecule has 0 aromatic rings. The fourth-order valence-corrected chi connectivity index (χ4v) is 1.59. The standard InChI is InChI=1S/C4H6O12S2.2Mg.4H/c5-3(6)1(15-17(9,10)11)2(4(7)8)16-18(12,13)14;;;;;;/h1-2H,(H,5,6)(H,7,8)(H,9,10,11)(H,12,13,14);;;;;;. The lowest BCUT2D eigenvalue weighted by Gasteiger charge is -2.17. The number of carboxylic acid groups (broad SMARTS) is 2. The van der Waals surface area contributed by atoms with E-state index in [1.54, 1.807) is 0 Å². The van der Waals surface area contributed by atoms with Crippen molar-refractivity contribution in [1.29, 1.82) is 0 Å². The van der Waals surface area contributed by atoms with Crippen LogP contribution in [-0.2, 0) is 38.8 Å². The highest BCUT2D eigenvalue weighted by molar-refractivity contribution is 7.81. The van der Waals surface area contributed by atoms with E-state index in [0.717, 1.165) is 0 Å². The Balaban J connectivity index is -0.00000144. The van der Waals surface area contributed by atoms with Crippen molar-refractivity contribution in [3.05, 3.63) is 0 Å². The van der Waals surface area contributed by atoms with Gasteiger partial charge in [0, 0.05) is 0 Å². The molecule has 20 heavy (non-hydrogen) atoms. The molecule has 0 aromatic heterocycles. The van der Waals surface area contributed by atoms with Gasteiger partial charge in [-0.3, -0.25) is 9.11 Å². The molecule has 0 radical (unpaired) electrons. The zero-order chi connectivity index (χ0) is 14.7. The topological polar surface area (TPSA) is 202 Å². The molecule has 0 aliphatic rings. The van der Waals surface area contributed by atoms with Gasteiger partial charge in [0.15, 0.2) is 0 Å².